The van der Waals surface area contributed by atoms with E-state index < -0.39 is 0 Å². The van der Waals surface area contributed by atoms with Crippen molar-refractivity contribution in [2.24, 2.45) is 0 Å². The Labute approximate surface area is 134 Å². The Hall–Kier alpha value is -2.07. The zero-order valence-electron chi connectivity index (χ0n) is 12.6. The van der Waals surface area contributed by atoms with Crippen LogP contribution in [0.1, 0.15) is 32.7 Å². The highest BCUT2D eigenvalue weighted by molar-refractivity contribution is 7.99. The first-order chi connectivity index (χ1) is 10.6. The zero-order valence-corrected chi connectivity index (χ0v) is 13.4. The molecule has 0 spiro atoms. The maximum absolute atomic E-state index is 12.8. The molecule has 0 radical (unpaired) electrons. The topological polar surface area (TPSA) is 37.4 Å². The van der Waals surface area contributed by atoms with Crippen LogP contribution in [0.3, 0.4) is 0 Å². The first-order valence-electron chi connectivity index (χ1n) is 7.21. The van der Waals surface area contributed by atoms with E-state index in [4.69, 9.17) is 0 Å². The van der Waals surface area contributed by atoms with Crippen LogP contribution >= 0.6 is 11.8 Å². The summed E-state index contributed by atoms with van der Waals surface area (Å²) in [5.74, 6) is 0.788. The van der Waals surface area contributed by atoms with Crippen molar-refractivity contribution in [1.29, 1.82) is 0 Å². The van der Waals surface area contributed by atoms with E-state index in [0.717, 1.165) is 21.9 Å². The van der Waals surface area contributed by atoms with Crippen LogP contribution in [0.5, 0.6) is 0 Å². The Morgan fingerprint density at radius 1 is 1.18 bits per heavy atom. The Morgan fingerprint density at radius 3 is 2.73 bits per heavy atom. The molecule has 1 aliphatic heterocycles. The lowest BCUT2D eigenvalue weighted by Crippen LogP contribution is -2.27. The van der Waals surface area contributed by atoms with Crippen LogP contribution in [0.25, 0.3) is 0 Å². The third-order valence-corrected chi connectivity index (χ3v) is 4.95. The van der Waals surface area contributed by atoms with Gasteiger partial charge in [-0.05, 0) is 30.7 Å². The largest absolute Gasteiger partial charge is 0.311 e. The average Bonchev–Trinajstić information content (AvgIpc) is 2.53. The number of ketones is 1. The van der Waals surface area contributed by atoms with Crippen molar-refractivity contribution >= 4 is 29.1 Å². The van der Waals surface area contributed by atoms with Crippen LogP contribution in [0.15, 0.2) is 47.4 Å². The van der Waals surface area contributed by atoms with Gasteiger partial charge in [0.1, 0.15) is 0 Å². The molecule has 0 aliphatic carbocycles. The van der Waals surface area contributed by atoms with E-state index in [2.05, 4.69) is 0 Å². The van der Waals surface area contributed by atoms with Gasteiger partial charge in [-0.3, -0.25) is 9.59 Å². The van der Waals surface area contributed by atoms with Crippen molar-refractivity contribution < 1.29 is 9.59 Å². The third-order valence-electron chi connectivity index (χ3n) is 3.81. The van der Waals surface area contributed by atoms with Crippen LogP contribution in [0.2, 0.25) is 0 Å². The Balaban J connectivity index is 1.99. The van der Waals surface area contributed by atoms with Crippen LogP contribution in [0.4, 0.5) is 5.69 Å². The second-order valence-corrected chi connectivity index (χ2v) is 6.51. The van der Waals surface area contributed by atoms with E-state index in [-0.39, 0.29) is 11.7 Å². The van der Waals surface area contributed by atoms with E-state index in [9.17, 15) is 9.59 Å². The highest BCUT2D eigenvalue weighted by Crippen LogP contribution is 2.34. The van der Waals surface area contributed by atoms with Gasteiger partial charge in [-0.15, -0.1) is 11.8 Å². The molecule has 3 rings (SSSR count). The van der Waals surface area contributed by atoms with Crippen molar-refractivity contribution in [2.45, 2.75) is 18.2 Å². The Bertz CT molecular complexity index is 755. The summed E-state index contributed by atoms with van der Waals surface area (Å²) in [5.41, 5.74) is 3.26. The van der Waals surface area contributed by atoms with Gasteiger partial charge in [-0.2, -0.15) is 0 Å². The molecule has 1 heterocycles. The van der Waals surface area contributed by atoms with Crippen LogP contribution in [-0.2, 0) is 0 Å². The minimum Gasteiger partial charge on any atom is -0.311 e. The minimum absolute atomic E-state index is 0.0790. The molecule has 3 nitrogen and oxygen atoms in total. The number of amides is 1. The number of thioether (sulfide) groups is 1. The molecule has 1 amide bonds. The van der Waals surface area contributed by atoms with Crippen LogP contribution in [-0.4, -0.2) is 24.5 Å². The Morgan fingerprint density at radius 2 is 1.95 bits per heavy atom. The van der Waals surface area contributed by atoms with E-state index in [0.29, 0.717) is 17.5 Å². The molecule has 1 aliphatic rings. The molecule has 0 atom stereocenters. The molecule has 0 bridgehead atoms. The second-order valence-electron chi connectivity index (χ2n) is 5.41. The normalized spacial score (nSPS) is 13.6. The summed E-state index contributed by atoms with van der Waals surface area (Å²) >= 11 is 1.59. The summed E-state index contributed by atoms with van der Waals surface area (Å²) in [6, 6.07) is 13.2. The van der Waals surface area contributed by atoms with E-state index in [1.807, 2.05) is 37.3 Å². The minimum atomic E-state index is -0.0790. The van der Waals surface area contributed by atoms with Crippen molar-refractivity contribution in [3.8, 4) is 0 Å². The summed E-state index contributed by atoms with van der Waals surface area (Å²) in [4.78, 5) is 27.3. The van der Waals surface area contributed by atoms with Gasteiger partial charge >= 0.3 is 0 Å². The number of carbonyl (C=O) groups is 2. The van der Waals surface area contributed by atoms with Crippen molar-refractivity contribution in [1.82, 2.24) is 0 Å². The summed E-state index contributed by atoms with van der Waals surface area (Å²) < 4.78 is 0. The second kappa shape index (κ2) is 5.97. The number of hydrogen-bond acceptors (Lipinski definition) is 3. The molecule has 0 fully saturated rings. The maximum atomic E-state index is 12.8. The molecule has 112 valence electrons. The molecule has 22 heavy (non-hydrogen) atoms. The lowest BCUT2D eigenvalue weighted by atomic mass is 10.0. The molecule has 2 aromatic rings. The number of hydrogen-bond donors (Lipinski definition) is 0. The summed E-state index contributed by atoms with van der Waals surface area (Å²) in [6.45, 7) is 2.00. The van der Waals surface area contributed by atoms with Gasteiger partial charge in [0.05, 0.1) is 5.56 Å². The first kappa shape index (κ1) is 14.9. The number of anilines is 1. The number of Topliss-reactive ketones (excluding diaryl/α,β-unsaturated/α-hetero) is 1. The number of benzene rings is 2. The quantitative estimate of drug-likeness (QED) is 0.842. The van der Waals surface area contributed by atoms with Gasteiger partial charge in [-0.1, -0.05) is 24.3 Å². The maximum Gasteiger partial charge on any atom is 0.259 e. The molecule has 0 N–H and O–H groups in total. The lowest BCUT2D eigenvalue weighted by molar-refractivity contribution is 0.0983. The number of fused-ring (bicyclic) bond motifs is 1. The number of rotatable bonds is 2. The summed E-state index contributed by atoms with van der Waals surface area (Å²) in [7, 11) is 1.77. The van der Waals surface area contributed by atoms with Gasteiger partial charge < -0.3 is 4.90 Å². The third kappa shape index (κ3) is 2.66. The van der Waals surface area contributed by atoms with Crippen molar-refractivity contribution in [3.05, 3.63) is 59.2 Å². The van der Waals surface area contributed by atoms with Crippen molar-refractivity contribution in [3.63, 3.8) is 0 Å². The van der Waals surface area contributed by atoms with E-state index in [1.165, 1.54) is 0 Å². The Kier molecular flexibility index (Phi) is 4.03. The fourth-order valence-corrected chi connectivity index (χ4v) is 3.74. The molecular formula is C18H17NO2S. The highest BCUT2D eigenvalue weighted by atomic mass is 32.2. The molecule has 4 heteroatoms. The molecular weight excluding hydrogens is 294 g/mol. The SMILES string of the molecule is Cc1cccc(N(C)C(=O)c2cccc3c2SCCC3=O)c1. The lowest BCUT2D eigenvalue weighted by Gasteiger charge is -2.22. The summed E-state index contributed by atoms with van der Waals surface area (Å²) in [6.07, 6.45) is 0.545. The zero-order chi connectivity index (χ0) is 15.7. The summed E-state index contributed by atoms with van der Waals surface area (Å²) in [5, 5.41) is 0. The predicted octanol–water partition coefficient (Wildman–Crippen LogP) is 3.95. The average molecular weight is 311 g/mol. The van der Waals surface area contributed by atoms with E-state index >= 15 is 0 Å². The number of aryl methyl sites for hydroxylation is 1. The molecule has 2 aromatic carbocycles. The fourth-order valence-electron chi connectivity index (χ4n) is 2.60. The standard InChI is InChI=1S/C18H17NO2S/c1-12-5-3-6-13(11-12)19(2)18(21)15-8-4-7-14-16(20)9-10-22-17(14)15/h3-8,11H,9-10H2,1-2H3. The van der Waals surface area contributed by atoms with Gasteiger partial charge in [0.15, 0.2) is 5.78 Å². The molecule has 0 aromatic heterocycles. The van der Waals surface area contributed by atoms with Gasteiger partial charge in [-0.25, -0.2) is 0 Å². The molecule has 0 unspecified atom stereocenters. The highest BCUT2D eigenvalue weighted by Gasteiger charge is 2.25. The molecule has 0 saturated heterocycles. The smallest absolute Gasteiger partial charge is 0.259 e. The van der Waals surface area contributed by atoms with Gasteiger partial charge in [0.2, 0.25) is 0 Å². The van der Waals surface area contributed by atoms with Crippen LogP contribution < -0.4 is 4.90 Å². The number of nitrogens with zero attached hydrogens (tertiary/aromatic N) is 1. The first-order valence-corrected chi connectivity index (χ1v) is 8.20. The van der Waals surface area contributed by atoms with E-state index in [1.54, 1.807) is 35.8 Å². The van der Waals surface area contributed by atoms with Crippen molar-refractivity contribution in [2.75, 3.05) is 17.7 Å². The number of carbonyl (C=O) groups excluding carboxylic acids is 2. The fraction of sp³-hybridized carbons (Fsp3) is 0.222. The monoisotopic (exact) mass is 311 g/mol. The van der Waals surface area contributed by atoms with Crippen LogP contribution in [0, 0.1) is 6.92 Å². The van der Waals surface area contributed by atoms with Gasteiger partial charge in [0, 0.05) is 35.4 Å². The molecule has 0 saturated carbocycles. The predicted molar refractivity (Wildman–Crippen MR) is 90.0 cm³/mol. The van der Waals surface area contributed by atoms with Gasteiger partial charge in [0.25, 0.3) is 5.91 Å².